The van der Waals surface area contributed by atoms with Gasteiger partial charge in [0.15, 0.2) is 5.96 Å². The molecule has 0 aromatic carbocycles. The van der Waals surface area contributed by atoms with Crippen LogP contribution in [0.3, 0.4) is 0 Å². The summed E-state index contributed by atoms with van der Waals surface area (Å²) >= 11 is 0. The first-order valence-corrected chi connectivity index (χ1v) is 6.03. The minimum atomic E-state index is -2.59. The van der Waals surface area contributed by atoms with Crippen LogP contribution in [0.2, 0.25) is 0 Å². The Kier molecular flexibility index (Phi) is 6.46. The van der Waals surface area contributed by atoms with Gasteiger partial charge in [-0.05, 0) is 19.3 Å². The maximum Gasteiger partial charge on any atom is 0.319 e. The summed E-state index contributed by atoms with van der Waals surface area (Å²) in [6, 6.07) is 0. The van der Waals surface area contributed by atoms with Crippen molar-refractivity contribution in [2.24, 2.45) is 10.7 Å². The van der Waals surface area contributed by atoms with Gasteiger partial charge in [-0.2, -0.15) is 8.78 Å². The van der Waals surface area contributed by atoms with Crippen molar-refractivity contribution < 1.29 is 8.78 Å². The molecule has 1 fully saturated rings. The Hall–Kier alpha value is -0.930. The number of nitrogens with zero attached hydrogens (tertiary/aromatic N) is 4. The molecule has 0 radical (unpaired) electrons. The zero-order valence-electron chi connectivity index (χ0n) is 10.5. The Balaban J connectivity index is 0.00000180. The van der Waals surface area contributed by atoms with E-state index in [1.165, 1.54) is 18.8 Å². The summed E-state index contributed by atoms with van der Waals surface area (Å²) in [7, 11) is 0. The van der Waals surface area contributed by atoms with E-state index in [1.807, 2.05) is 4.90 Å². The van der Waals surface area contributed by atoms with Gasteiger partial charge in [0.1, 0.15) is 12.4 Å². The summed E-state index contributed by atoms with van der Waals surface area (Å²) in [6.07, 6.45) is 5.99. The molecule has 0 atom stereocenters. The topological polar surface area (TPSA) is 59.4 Å². The lowest BCUT2D eigenvalue weighted by atomic mass is 10.1. The second kappa shape index (κ2) is 7.61. The van der Waals surface area contributed by atoms with Gasteiger partial charge in [-0.15, -0.1) is 24.0 Å². The number of nitrogens with two attached hydrogens (primary N) is 1. The fourth-order valence-electron chi connectivity index (χ4n) is 2.02. The monoisotopic (exact) mass is 385 g/mol. The lowest BCUT2D eigenvalue weighted by molar-refractivity contribution is 0.0671. The van der Waals surface area contributed by atoms with Gasteiger partial charge in [-0.25, -0.2) is 9.98 Å². The number of hydrogen-bond acceptors (Lipinski definition) is 2. The minimum Gasteiger partial charge on any atom is -0.370 e. The average molecular weight is 385 g/mol. The first-order chi connectivity index (χ1) is 8.68. The van der Waals surface area contributed by atoms with Crippen LogP contribution < -0.4 is 5.73 Å². The van der Waals surface area contributed by atoms with Crippen LogP contribution in [0, 0.1) is 0 Å². The van der Waals surface area contributed by atoms with Gasteiger partial charge in [0.05, 0.1) is 0 Å². The van der Waals surface area contributed by atoms with Crippen LogP contribution >= 0.6 is 24.0 Å². The van der Waals surface area contributed by atoms with Crippen LogP contribution in [0.4, 0.5) is 8.78 Å². The van der Waals surface area contributed by atoms with E-state index in [2.05, 4.69) is 9.98 Å². The second-order valence-electron chi connectivity index (χ2n) is 4.25. The first kappa shape index (κ1) is 16.1. The Bertz CT molecular complexity index is 415. The van der Waals surface area contributed by atoms with E-state index in [4.69, 9.17) is 5.73 Å². The fourth-order valence-corrected chi connectivity index (χ4v) is 2.02. The number of guanidine groups is 1. The molecule has 0 bridgehead atoms. The average Bonchev–Trinajstić information content (AvgIpc) is 2.85. The molecule has 5 nitrogen and oxygen atoms in total. The molecule has 1 aliphatic rings. The van der Waals surface area contributed by atoms with E-state index in [9.17, 15) is 8.78 Å². The summed E-state index contributed by atoms with van der Waals surface area (Å²) < 4.78 is 25.9. The standard InChI is InChI=1S/C11H17F2N5.HI/c12-10(13)18-7-4-15-9(18)8-16-11(14)17-5-2-1-3-6-17;/h4,7,10H,1-3,5-6,8H2,(H2,14,16);1H. The van der Waals surface area contributed by atoms with Crippen LogP contribution in [0.15, 0.2) is 17.4 Å². The lowest BCUT2D eigenvalue weighted by Gasteiger charge is -2.27. The third-order valence-corrected chi connectivity index (χ3v) is 3.02. The third-order valence-electron chi connectivity index (χ3n) is 3.02. The highest BCUT2D eigenvalue weighted by Gasteiger charge is 2.13. The molecule has 8 heteroatoms. The highest BCUT2D eigenvalue weighted by molar-refractivity contribution is 14.0. The number of likely N-dealkylation sites (tertiary alicyclic amines) is 1. The maximum absolute atomic E-state index is 12.6. The number of aromatic nitrogens is 2. The molecular weight excluding hydrogens is 367 g/mol. The van der Waals surface area contributed by atoms with E-state index in [-0.39, 0.29) is 36.3 Å². The minimum absolute atomic E-state index is 0. The Morgan fingerprint density at radius 2 is 2.05 bits per heavy atom. The van der Waals surface area contributed by atoms with Crippen molar-refractivity contribution in [1.29, 1.82) is 0 Å². The van der Waals surface area contributed by atoms with Gasteiger partial charge in [0, 0.05) is 25.5 Å². The number of alkyl halides is 2. The molecule has 1 saturated heterocycles. The van der Waals surface area contributed by atoms with Crippen molar-refractivity contribution in [3.05, 3.63) is 18.2 Å². The molecule has 2 N–H and O–H groups in total. The summed E-state index contributed by atoms with van der Waals surface area (Å²) in [5.41, 5.74) is 5.84. The van der Waals surface area contributed by atoms with Gasteiger partial charge in [-0.1, -0.05) is 0 Å². The van der Waals surface area contributed by atoms with Crippen LogP contribution in [-0.4, -0.2) is 33.5 Å². The summed E-state index contributed by atoms with van der Waals surface area (Å²) in [5.74, 6) is 0.642. The lowest BCUT2D eigenvalue weighted by Crippen LogP contribution is -2.40. The predicted octanol–water partition coefficient (Wildman–Crippen LogP) is 2.20. The summed E-state index contributed by atoms with van der Waals surface area (Å²) in [5, 5.41) is 0. The third kappa shape index (κ3) is 4.29. The second-order valence-corrected chi connectivity index (χ2v) is 4.25. The smallest absolute Gasteiger partial charge is 0.319 e. The summed E-state index contributed by atoms with van der Waals surface area (Å²) in [6.45, 7) is -0.731. The molecule has 1 aromatic heterocycles. The Morgan fingerprint density at radius 3 is 2.68 bits per heavy atom. The van der Waals surface area contributed by atoms with Gasteiger partial charge in [-0.3, -0.25) is 4.57 Å². The van der Waals surface area contributed by atoms with E-state index in [0.717, 1.165) is 30.5 Å². The zero-order valence-corrected chi connectivity index (χ0v) is 12.8. The number of hydrogen-bond donors (Lipinski definition) is 1. The number of imidazole rings is 1. The highest BCUT2D eigenvalue weighted by atomic mass is 127. The molecule has 0 saturated carbocycles. The predicted molar refractivity (Wildman–Crippen MR) is 79.6 cm³/mol. The molecule has 1 aliphatic heterocycles. The van der Waals surface area contributed by atoms with E-state index in [0.29, 0.717) is 5.96 Å². The number of halogens is 3. The fraction of sp³-hybridized carbons (Fsp3) is 0.636. The normalized spacial score (nSPS) is 16.6. The van der Waals surface area contributed by atoms with E-state index >= 15 is 0 Å². The van der Waals surface area contributed by atoms with Crippen LogP contribution in [0.1, 0.15) is 31.6 Å². The highest BCUT2D eigenvalue weighted by Crippen LogP contribution is 2.13. The van der Waals surface area contributed by atoms with Gasteiger partial charge in [0.2, 0.25) is 0 Å². The number of piperidine rings is 1. The Morgan fingerprint density at radius 1 is 1.37 bits per heavy atom. The molecule has 0 spiro atoms. The van der Waals surface area contributed by atoms with Crippen molar-refractivity contribution in [2.45, 2.75) is 32.4 Å². The first-order valence-electron chi connectivity index (χ1n) is 6.03. The van der Waals surface area contributed by atoms with Crippen LogP contribution in [-0.2, 0) is 6.54 Å². The van der Waals surface area contributed by atoms with Crippen LogP contribution in [0.5, 0.6) is 0 Å². The van der Waals surface area contributed by atoms with Gasteiger partial charge >= 0.3 is 6.55 Å². The van der Waals surface area contributed by atoms with Crippen molar-refractivity contribution in [1.82, 2.24) is 14.5 Å². The van der Waals surface area contributed by atoms with Gasteiger partial charge < -0.3 is 10.6 Å². The zero-order chi connectivity index (χ0) is 13.0. The van der Waals surface area contributed by atoms with Gasteiger partial charge in [0.25, 0.3) is 0 Å². The molecule has 0 unspecified atom stereocenters. The van der Waals surface area contributed by atoms with Crippen molar-refractivity contribution in [2.75, 3.05) is 13.1 Å². The van der Waals surface area contributed by atoms with E-state index < -0.39 is 6.55 Å². The SMILES string of the molecule is I.NC(=NCc1nccn1C(F)F)N1CCCCC1. The van der Waals surface area contributed by atoms with Crippen molar-refractivity contribution in [3.8, 4) is 0 Å². The number of rotatable bonds is 3. The van der Waals surface area contributed by atoms with E-state index in [1.54, 1.807) is 0 Å². The largest absolute Gasteiger partial charge is 0.370 e. The molecule has 1 aromatic rings. The molecular formula is C11H18F2IN5. The molecule has 0 aliphatic carbocycles. The molecule has 0 amide bonds. The summed E-state index contributed by atoms with van der Waals surface area (Å²) in [4.78, 5) is 9.98. The number of aliphatic imine (C=N–C) groups is 1. The van der Waals surface area contributed by atoms with Crippen molar-refractivity contribution in [3.63, 3.8) is 0 Å². The van der Waals surface area contributed by atoms with Crippen molar-refractivity contribution >= 4 is 29.9 Å². The molecule has 19 heavy (non-hydrogen) atoms. The van der Waals surface area contributed by atoms with Crippen LogP contribution in [0.25, 0.3) is 0 Å². The Labute approximate surface area is 127 Å². The molecule has 2 heterocycles. The molecule has 108 valence electrons. The quantitative estimate of drug-likeness (QED) is 0.493. The maximum atomic E-state index is 12.6. The molecule has 2 rings (SSSR count).